The fourth-order valence-electron chi connectivity index (χ4n) is 4.85. The van der Waals surface area contributed by atoms with E-state index in [0.717, 1.165) is 54.4 Å². The lowest BCUT2D eigenvalue weighted by atomic mass is 9.78. The summed E-state index contributed by atoms with van der Waals surface area (Å²) in [6.45, 7) is 16.3. The van der Waals surface area contributed by atoms with E-state index in [1.165, 1.54) is 0 Å². The van der Waals surface area contributed by atoms with Crippen molar-refractivity contribution in [3.05, 3.63) is 78.0 Å². The Morgan fingerprint density at radius 2 is 1.65 bits per heavy atom. The summed E-state index contributed by atoms with van der Waals surface area (Å²) in [5.74, 6) is 0. The Hall–Kier alpha value is -3.48. The zero-order chi connectivity index (χ0) is 23.8. The van der Waals surface area contributed by atoms with Crippen molar-refractivity contribution in [3.63, 3.8) is 0 Å². The first-order valence-electron chi connectivity index (χ1n) is 11.5. The van der Waals surface area contributed by atoms with E-state index in [-0.39, 0.29) is 0 Å². The molecular formula is C28H26BN3O2. The molecule has 6 heteroatoms. The van der Waals surface area contributed by atoms with Gasteiger partial charge in [0.25, 0.3) is 0 Å². The molecule has 168 valence electrons. The van der Waals surface area contributed by atoms with E-state index in [4.69, 9.17) is 14.3 Å². The van der Waals surface area contributed by atoms with Crippen molar-refractivity contribution in [2.45, 2.75) is 38.9 Å². The Kier molecular flexibility index (Phi) is 4.35. The minimum Gasteiger partial charge on any atom is -0.399 e. The summed E-state index contributed by atoms with van der Waals surface area (Å²) in [5, 5.41) is 4.78. The fraction of sp³-hybridized carbons (Fsp3) is 0.214. The molecule has 1 aliphatic rings. The molecule has 0 radical (unpaired) electrons. The van der Waals surface area contributed by atoms with E-state index in [1.807, 2.05) is 24.3 Å². The standard InChI is InChI=1S/C28H26BN3O2/c1-7-30-25-17(2)12-14-20-24(25)19-15-13-18(29-33-27(3,4)28(5,6)34-29)16-23(19)32-22-11-9-8-10-21(22)31-26(20)32/h7-16H,1-2H2,3-6H3. The molecule has 0 aliphatic carbocycles. The van der Waals surface area contributed by atoms with Crippen LogP contribution in [-0.4, -0.2) is 27.7 Å². The number of fused-ring (bicyclic) bond motifs is 8. The van der Waals surface area contributed by atoms with Crippen LogP contribution in [0.25, 0.3) is 44.9 Å². The predicted octanol–water partition coefficient (Wildman–Crippen LogP) is 4.27. The summed E-state index contributed by atoms with van der Waals surface area (Å²) in [6, 6.07) is 18.7. The second kappa shape index (κ2) is 7.01. The van der Waals surface area contributed by atoms with Crippen LogP contribution >= 0.6 is 0 Å². The molecule has 1 aliphatic heterocycles. The SMILES string of the molecule is C=CN=c1c(=C)ccc2c1c1ccc(B3OC(C)(C)C(C)(C)O3)cc1n1c3ccccc3nc21. The molecule has 0 atom stereocenters. The van der Waals surface area contributed by atoms with Crippen LogP contribution in [0.1, 0.15) is 27.7 Å². The van der Waals surface area contributed by atoms with Gasteiger partial charge < -0.3 is 9.31 Å². The number of benzene rings is 3. The highest BCUT2D eigenvalue weighted by atomic mass is 16.7. The van der Waals surface area contributed by atoms with Crippen molar-refractivity contribution in [3.8, 4) is 0 Å². The molecule has 6 rings (SSSR count). The van der Waals surface area contributed by atoms with E-state index >= 15 is 0 Å². The Balaban J connectivity index is 1.78. The summed E-state index contributed by atoms with van der Waals surface area (Å²) in [4.78, 5) is 9.61. The smallest absolute Gasteiger partial charge is 0.399 e. The van der Waals surface area contributed by atoms with Gasteiger partial charge in [0.1, 0.15) is 5.65 Å². The maximum atomic E-state index is 6.36. The van der Waals surface area contributed by atoms with Gasteiger partial charge in [0.15, 0.2) is 0 Å². The van der Waals surface area contributed by atoms with Gasteiger partial charge in [0.05, 0.1) is 33.1 Å². The van der Waals surface area contributed by atoms with Gasteiger partial charge in [-0.05, 0) is 62.6 Å². The van der Waals surface area contributed by atoms with E-state index < -0.39 is 18.3 Å². The lowest BCUT2D eigenvalue weighted by Crippen LogP contribution is -2.41. The van der Waals surface area contributed by atoms with Gasteiger partial charge in [0.2, 0.25) is 0 Å². The third-order valence-electron chi connectivity index (χ3n) is 7.34. The molecule has 1 fully saturated rings. The third kappa shape index (κ3) is 2.82. The van der Waals surface area contributed by atoms with Gasteiger partial charge in [-0.3, -0.25) is 9.39 Å². The number of imidazole rings is 1. The third-order valence-corrected chi connectivity index (χ3v) is 7.34. The zero-order valence-corrected chi connectivity index (χ0v) is 19.9. The van der Waals surface area contributed by atoms with Crippen molar-refractivity contribution in [1.82, 2.24) is 9.38 Å². The molecule has 3 aromatic carbocycles. The van der Waals surface area contributed by atoms with Crippen LogP contribution in [0.15, 0.2) is 72.4 Å². The van der Waals surface area contributed by atoms with Gasteiger partial charge in [-0.25, -0.2) is 4.98 Å². The highest BCUT2D eigenvalue weighted by Crippen LogP contribution is 2.37. The van der Waals surface area contributed by atoms with Crippen molar-refractivity contribution < 1.29 is 9.31 Å². The van der Waals surface area contributed by atoms with Gasteiger partial charge in [-0.1, -0.05) is 43.5 Å². The first-order valence-corrected chi connectivity index (χ1v) is 11.5. The maximum Gasteiger partial charge on any atom is 0.494 e. The van der Waals surface area contributed by atoms with Crippen LogP contribution in [0, 0.1) is 0 Å². The number of hydrogen-bond donors (Lipinski definition) is 0. The first kappa shape index (κ1) is 21.1. The molecular weight excluding hydrogens is 421 g/mol. The first-order chi connectivity index (χ1) is 16.2. The molecule has 0 saturated carbocycles. The van der Waals surface area contributed by atoms with E-state index in [2.05, 4.69) is 80.6 Å². The molecule has 0 N–H and O–H groups in total. The largest absolute Gasteiger partial charge is 0.494 e. The fourth-order valence-corrected chi connectivity index (χ4v) is 4.85. The number of pyridine rings is 1. The summed E-state index contributed by atoms with van der Waals surface area (Å²) < 4.78 is 14.9. The molecule has 5 nitrogen and oxygen atoms in total. The Labute approximate surface area is 198 Å². The van der Waals surface area contributed by atoms with E-state index in [0.29, 0.717) is 0 Å². The highest BCUT2D eigenvalue weighted by Gasteiger charge is 2.51. The number of aromatic nitrogens is 2. The van der Waals surface area contributed by atoms with E-state index in [1.54, 1.807) is 6.20 Å². The normalized spacial score (nSPS) is 18.0. The van der Waals surface area contributed by atoms with Gasteiger partial charge in [0, 0.05) is 22.4 Å². The average Bonchev–Trinajstić information content (AvgIpc) is 3.29. The number of nitrogens with zero attached hydrogens (tertiary/aromatic N) is 3. The topological polar surface area (TPSA) is 48.1 Å². The molecule has 34 heavy (non-hydrogen) atoms. The zero-order valence-electron chi connectivity index (χ0n) is 19.9. The van der Waals surface area contributed by atoms with Crippen molar-refractivity contribution in [2.75, 3.05) is 0 Å². The van der Waals surface area contributed by atoms with Crippen molar-refractivity contribution in [2.24, 2.45) is 4.99 Å². The van der Waals surface area contributed by atoms with Crippen molar-refractivity contribution >= 4 is 57.5 Å². The van der Waals surface area contributed by atoms with Gasteiger partial charge in [-0.2, -0.15) is 0 Å². The van der Waals surface area contributed by atoms with Crippen LogP contribution in [0.3, 0.4) is 0 Å². The molecule has 0 unspecified atom stereocenters. The summed E-state index contributed by atoms with van der Waals surface area (Å²) >= 11 is 0. The quantitative estimate of drug-likeness (QED) is 0.300. The Morgan fingerprint density at radius 1 is 0.941 bits per heavy atom. The summed E-state index contributed by atoms with van der Waals surface area (Å²) in [7, 11) is -0.452. The monoisotopic (exact) mass is 447 g/mol. The summed E-state index contributed by atoms with van der Waals surface area (Å²) in [6.07, 6.45) is 1.57. The Bertz CT molecular complexity index is 1750. The van der Waals surface area contributed by atoms with E-state index in [9.17, 15) is 0 Å². The lowest BCUT2D eigenvalue weighted by Gasteiger charge is -2.32. The summed E-state index contributed by atoms with van der Waals surface area (Å²) in [5.41, 5.74) is 4.05. The van der Waals surface area contributed by atoms with Crippen LogP contribution in [-0.2, 0) is 9.31 Å². The minimum absolute atomic E-state index is 0.411. The molecule has 0 spiro atoms. The predicted molar refractivity (Wildman–Crippen MR) is 140 cm³/mol. The van der Waals surface area contributed by atoms with Crippen LogP contribution < -0.4 is 16.0 Å². The highest BCUT2D eigenvalue weighted by molar-refractivity contribution is 6.62. The van der Waals surface area contributed by atoms with Crippen LogP contribution in [0.5, 0.6) is 0 Å². The van der Waals surface area contributed by atoms with Crippen LogP contribution in [0.4, 0.5) is 0 Å². The molecule has 5 aromatic rings. The molecule has 2 aromatic heterocycles. The Morgan fingerprint density at radius 3 is 2.38 bits per heavy atom. The second-order valence-corrected chi connectivity index (χ2v) is 9.93. The van der Waals surface area contributed by atoms with Crippen LogP contribution in [0.2, 0.25) is 0 Å². The number of para-hydroxylation sites is 2. The average molecular weight is 447 g/mol. The van der Waals surface area contributed by atoms with Gasteiger partial charge in [-0.15, -0.1) is 0 Å². The minimum atomic E-state index is -0.452. The number of hydrogen-bond acceptors (Lipinski definition) is 4. The molecule has 1 saturated heterocycles. The maximum absolute atomic E-state index is 6.36. The lowest BCUT2D eigenvalue weighted by molar-refractivity contribution is 0.00578. The van der Waals surface area contributed by atoms with Gasteiger partial charge >= 0.3 is 7.12 Å². The second-order valence-electron chi connectivity index (χ2n) is 9.93. The molecule has 0 bridgehead atoms. The van der Waals surface area contributed by atoms with Crippen molar-refractivity contribution in [1.29, 1.82) is 0 Å². The number of rotatable bonds is 2. The molecule has 3 heterocycles. The molecule has 0 amide bonds.